The predicted octanol–water partition coefficient (Wildman–Crippen LogP) is 4.26. The van der Waals surface area contributed by atoms with Gasteiger partial charge in [0.25, 0.3) is 0 Å². The molecular weight excluding hydrogens is 260 g/mol. The van der Waals surface area contributed by atoms with Crippen LogP contribution in [-0.4, -0.2) is 23.1 Å². The SMILES string of the molecule is CCCNc1nc(C)nc(NCC(C(C)C)C(C)C)c1C. The molecule has 1 rings (SSSR count). The van der Waals surface area contributed by atoms with Gasteiger partial charge in [-0.15, -0.1) is 0 Å². The first-order valence-electron chi connectivity index (χ1n) is 8.19. The van der Waals surface area contributed by atoms with Crippen LogP contribution in [0.15, 0.2) is 0 Å². The molecule has 1 aromatic rings. The maximum Gasteiger partial charge on any atom is 0.134 e. The Morgan fingerprint density at radius 2 is 1.43 bits per heavy atom. The molecule has 0 aliphatic heterocycles. The van der Waals surface area contributed by atoms with Crippen LogP contribution in [0.4, 0.5) is 11.6 Å². The fourth-order valence-electron chi connectivity index (χ4n) is 2.67. The lowest BCUT2D eigenvalue weighted by atomic mass is 9.85. The van der Waals surface area contributed by atoms with E-state index in [-0.39, 0.29) is 0 Å². The normalized spacial score (nSPS) is 11.5. The molecule has 0 aromatic carbocycles. The molecule has 4 heteroatoms. The molecule has 120 valence electrons. The van der Waals surface area contributed by atoms with Crippen LogP contribution in [0.3, 0.4) is 0 Å². The zero-order chi connectivity index (χ0) is 16.0. The predicted molar refractivity (Wildman–Crippen MR) is 91.9 cm³/mol. The number of hydrogen-bond acceptors (Lipinski definition) is 4. The minimum absolute atomic E-state index is 0.645. The fraction of sp³-hybridized carbons (Fsp3) is 0.765. The van der Waals surface area contributed by atoms with Crippen LogP contribution >= 0.6 is 0 Å². The maximum atomic E-state index is 4.57. The van der Waals surface area contributed by atoms with Gasteiger partial charge in [0, 0.05) is 18.7 Å². The number of nitrogens with one attached hydrogen (secondary N) is 2. The van der Waals surface area contributed by atoms with Crippen molar-refractivity contribution in [2.75, 3.05) is 23.7 Å². The average Bonchev–Trinajstić information content (AvgIpc) is 2.39. The van der Waals surface area contributed by atoms with Crippen LogP contribution in [0.1, 0.15) is 52.4 Å². The van der Waals surface area contributed by atoms with Gasteiger partial charge in [0.1, 0.15) is 17.5 Å². The van der Waals surface area contributed by atoms with Crippen molar-refractivity contribution in [3.05, 3.63) is 11.4 Å². The molecule has 0 spiro atoms. The van der Waals surface area contributed by atoms with Crippen LogP contribution in [0, 0.1) is 31.6 Å². The molecule has 0 aliphatic carbocycles. The minimum Gasteiger partial charge on any atom is -0.370 e. The van der Waals surface area contributed by atoms with E-state index in [1.807, 2.05) is 6.92 Å². The highest BCUT2D eigenvalue weighted by Crippen LogP contribution is 2.24. The van der Waals surface area contributed by atoms with Crippen molar-refractivity contribution >= 4 is 11.6 Å². The van der Waals surface area contributed by atoms with Crippen molar-refractivity contribution in [2.45, 2.75) is 54.9 Å². The van der Waals surface area contributed by atoms with Gasteiger partial charge in [0.15, 0.2) is 0 Å². The van der Waals surface area contributed by atoms with E-state index in [0.717, 1.165) is 42.5 Å². The second-order valence-corrected chi connectivity index (χ2v) is 6.55. The summed E-state index contributed by atoms with van der Waals surface area (Å²) in [5, 5.41) is 6.93. The molecular formula is C17H32N4. The second kappa shape index (κ2) is 8.20. The molecule has 21 heavy (non-hydrogen) atoms. The van der Waals surface area contributed by atoms with E-state index in [0.29, 0.717) is 17.8 Å². The quantitative estimate of drug-likeness (QED) is 0.752. The molecule has 4 nitrogen and oxygen atoms in total. The van der Waals surface area contributed by atoms with E-state index in [2.05, 4.69) is 62.1 Å². The van der Waals surface area contributed by atoms with Crippen LogP contribution in [0.25, 0.3) is 0 Å². The largest absolute Gasteiger partial charge is 0.370 e. The van der Waals surface area contributed by atoms with Crippen molar-refractivity contribution in [3.8, 4) is 0 Å². The summed E-state index contributed by atoms with van der Waals surface area (Å²) in [7, 11) is 0. The third kappa shape index (κ3) is 5.18. The summed E-state index contributed by atoms with van der Waals surface area (Å²) in [5.41, 5.74) is 1.11. The fourth-order valence-corrected chi connectivity index (χ4v) is 2.67. The maximum absolute atomic E-state index is 4.57. The molecule has 2 N–H and O–H groups in total. The Morgan fingerprint density at radius 1 is 0.905 bits per heavy atom. The minimum atomic E-state index is 0.645. The summed E-state index contributed by atoms with van der Waals surface area (Å²) in [6.45, 7) is 17.3. The van der Waals surface area contributed by atoms with Gasteiger partial charge in [-0.1, -0.05) is 34.6 Å². The van der Waals surface area contributed by atoms with Crippen LogP contribution in [0.5, 0.6) is 0 Å². The second-order valence-electron chi connectivity index (χ2n) is 6.55. The van der Waals surface area contributed by atoms with E-state index in [1.165, 1.54) is 0 Å². The van der Waals surface area contributed by atoms with Crippen LogP contribution < -0.4 is 10.6 Å². The summed E-state index contributed by atoms with van der Waals surface area (Å²) in [6.07, 6.45) is 1.09. The molecule has 0 saturated carbocycles. The zero-order valence-electron chi connectivity index (χ0n) is 14.7. The Labute approximate surface area is 130 Å². The Morgan fingerprint density at radius 3 is 1.90 bits per heavy atom. The zero-order valence-corrected chi connectivity index (χ0v) is 14.7. The van der Waals surface area contributed by atoms with Gasteiger partial charge in [-0.25, -0.2) is 9.97 Å². The topological polar surface area (TPSA) is 49.8 Å². The van der Waals surface area contributed by atoms with E-state index in [4.69, 9.17) is 0 Å². The molecule has 0 amide bonds. The Hall–Kier alpha value is -1.32. The Balaban J connectivity index is 2.85. The number of hydrogen-bond donors (Lipinski definition) is 2. The summed E-state index contributed by atoms with van der Waals surface area (Å²) in [4.78, 5) is 9.08. The van der Waals surface area contributed by atoms with Gasteiger partial charge in [0.2, 0.25) is 0 Å². The van der Waals surface area contributed by atoms with E-state index < -0.39 is 0 Å². The lowest BCUT2D eigenvalue weighted by Crippen LogP contribution is -2.25. The average molecular weight is 292 g/mol. The number of aryl methyl sites for hydroxylation is 1. The number of nitrogens with zero attached hydrogens (tertiary/aromatic N) is 2. The monoisotopic (exact) mass is 292 g/mol. The highest BCUT2D eigenvalue weighted by Gasteiger charge is 2.18. The van der Waals surface area contributed by atoms with Crippen molar-refractivity contribution in [1.82, 2.24) is 9.97 Å². The smallest absolute Gasteiger partial charge is 0.134 e. The van der Waals surface area contributed by atoms with Gasteiger partial charge in [-0.3, -0.25) is 0 Å². The molecule has 0 unspecified atom stereocenters. The van der Waals surface area contributed by atoms with Gasteiger partial charge in [-0.05, 0) is 38.0 Å². The number of anilines is 2. The summed E-state index contributed by atoms with van der Waals surface area (Å²) < 4.78 is 0. The molecule has 0 atom stereocenters. The first-order valence-corrected chi connectivity index (χ1v) is 8.19. The van der Waals surface area contributed by atoms with Crippen molar-refractivity contribution in [2.24, 2.45) is 17.8 Å². The lowest BCUT2D eigenvalue weighted by molar-refractivity contribution is 0.304. The highest BCUT2D eigenvalue weighted by molar-refractivity contribution is 5.57. The van der Waals surface area contributed by atoms with Gasteiger partial charge >= 0.3 is 0 Å². The lowest BCUT2D eigenvalue weighted by Gasteiger charge is -2.26. The third-order valence-electron chi connectivity index (χ3n) is 4.02. The number of rotatable bonds is 8. The Bertz CT molecular complexity index is 433. The molecule has 1 aromatic heterocycles. The van der Waals surface area contributed by atoms with E-state index in [1.54, 1.807) is 0 Å². The summed E-state index contributed by atoms with van der Waals surface area (Å²) >= 11 is 0. The number of aromatic nitrogens is 2. The highest BCUT2D eigenvalue weighted by atomic mass is 15.1. The summed E-state index contributed by atoms with van der Waals surface area (Å²) in [5.74, 6) is 4.71. The van der Waals surface area contributed by atoms with Crippen LogP contribution in [0.2, 0.25) is 0 Å². The molecule has 0 bridgehead atoms. The van der Waals surface area contributed by atoms with Crippen molar-refractivity contribution < 1.29 is 0 Å². The molecule has 0 radical (unpaired) electrons. The summed E-state index contributed by atoms with van der Waals surface area (Å²) in [6, 6.07) is 0. The molecule has 0 fully saturated rings. The van der Waals surface area contributed by atoms with Crippen molar-refractivity contribution in [3.63, 3.8) is 0 Å². The molecule has 0 saturated heterocycles. The van der Waals surface area contributed by atoms with E-state index >= 15 is 0 Å². The van der Waals surface area contributed by atoms with Gasteiger partial charge in [-0.2, -0.15) is 0 Å². The van der Waals surface area contributed by atoms with Crippen LogP contribution in [-0.2, 0) is 0 Å². The Kier molecular flexibility index (Phi) is 6.93. The molecule has 1 heterocycles. The van der Waals surface area contributed by atoms with Crippen molar-refractivity contribution in [1.29, 1.82) is 0 Å². The third-order valence-corrected chi connectivity index (χ3v) is 4.02. The first-order chi connectivity index (χ1) is 9.86. The van der Waals surface area contributed by atoms with Gasteiger partial charge < -0.3 is 10.6 Å². The molecule has 0 aliphatic rings. The van der Waals surface area contributed by atoms with E-state index in [9.17, 15) is 0 Å². The van der Waals surface area contributed by atoms with Gasteiger partial charge in [0.05, 0.1) is 0 Å². The standard InChI is InChI=1S/C17H32N4/c1-8-9-18-16-13(6)17(21-14(7)20-16)19-10-15(11(2)3)12(4)5/h11-12,15H,8-10H2,1-7H3,(H2,18,19,20,21). The first kappa shape index (κ1) is 17.7.